The van der Waals surface area contributed by atoms with E-state index in [1.807, 2.05) is 50.8 Å². The van der Waals surface area contributed by atoms with Crippen LogP contribution in [-0.2, 0) is 78.1 Å². The molecule has 0 radical (unpaired) electrons. The second-order valence-electron chi connectivity index (χ2n) is 29.0. The van der Waals surface area contributed by atoms with Crippen LogP contribution in [0.4, 0.5) is 20.1 Å². The van der Waals surface area contributed by atoms with E-state index in [4.69, 9.17) is 43.6 Å². The molecule has 108 heavy (non-hydrogen) atoms. The van der Waals surface area contributed by atoms with Gasteiger partial charge in [-0.15, -0.1) is 0 Å². The fourth-order valence-corrected chi connectivity index (χ4v) is 13.6. The van der Waals surface area contributed by atoms with Crippen LogP contribution >= 0.6 is 0 Å². The van der Waals surface area contributed by atoms with Crippen LogP contribution in [-0.4, -0.2) is 241 Å². The molecular weight excluding hydrogens is 1390 g/mol. The molecule has 1 saturated heterocycles. The molecule has 1 aliphatic carbocycles. The summed E-state index contributed by atoms with van der Waals surface area (Å²) in [5, 5.41) is 30.0. The smallest absolute Gasteiger partial charge is 0.410 e. The van der Waals surface area contributed by atoms with E-state index >= 15 is 0 Å². The lowest BCUT2D eigenvalue weighted by atomic mass is 9.87. The van der Waals surface area contributed by atoms with Gasteiger partial charge in [0.15, 0.2) is 0 Å². The van der Waals surface area contributed by atoms with Gasteiger partial charge in [0.2, 0.25) is 41.4 Å². The van der Waals surface area contributed by atoms with Crippen molar-refractivity contribution in [3.63, 3.8) is 0 Å². The zero-order valence-electron chi connectivity index (χ0n) is 66.3. The molecule has 2 aromatic rings. The highest BCUT2D eigenvalue weighted by atomic mass is 16.6. The number of amides is 11. The molecular formula is C78H127N11O19. The number of anilines is 1. The summed E-state index contributed by atoms with van der Waals surface area (Å²) in [5.41, 5.74) is 6.79. The normalized spacial score (nSPS) is 17.9. The predicted octanol–water partition coefficient (Wildman–Crippen LogP) is 6.66. The Hall–Kier alpha value is -7.84. The molecule has 11 amide bonds. The Morgan fingerprint density at radius 3 is 1.87 bits per heavy atom. The number of carbonyl (C=O) groups is 10. The van der Waals surface area contributed by atoms with Crippen LogP contribution in [0.1, 0.15) is 164 Å². The van der Waals surface area contributed by atoms with Crippen LogP contribution in [0.2, 0.25) is 0 Å². The molecule has 2 aromatic carbocycles. The average Bonchev–Trinajstić information content (AvgIpc) is 1.37. The van der Waals surface area contributed by atoms with E-state index in [0.29, 0.717) is 82.2 Å². The van der Waals surface area contributed by atoms with E-state index < -0.39 is 120 Å². The number of ether oxygens (including phenoxy) is 8. The van der Waals surface area contributed by atoms with Crippen LogP contribution in [0.25, 0.3) is 0 Å². The average molecular weight is 1520 g/mol. The Kier molecular flexibility index (Phi) is 42.9. The summed E-state index contributed by atoms with van der Waals surface area (Å²) in [6.45, 7) is 21.0. The van der Waals surface area contributed by atoms with Crippen molar-refractivity contribution in [2.75, 3.05) is 106 Å². The number of aliphatic hydroxyl groups excluding tert-OH is 1. The highest BCUT2D eigenvalue weighted by Gasteiger charge is 2.45. The van der Waals surface area contributed by atoms with Crippen molar-refractivity contribution in [1.29, 1.82) is 0 Å². The van der Waals surface area contributed by atoms with Crippen molar-refractivity contribution >= 4 is 65.3 Å². The van der Waals surface area contributed by atoms with Gasteiger partial charge in [0.1, 0.15) is 30.8 Å². The van der Waals surface area contributed by atoms with Crippen LogP contribution in [0.5, 0.6) is 0 Å². The van der Waals surface area contributed by atoms with Gasteiger partial charge in [-0.1, -0.05) is 123 Å². The molecule has 1 heterocycles. The number of allylic oxidation sites excluding steroid dienone is 2. The highest BCUT2D eigenvalue weighted by Crippen LogP contribution is 2.31. The molecule has 1 fully saturated rings. The standard InChI is InChI=1S/C78H127N11O19/c1-15-53(8)68(62(101-13)48-64(91)89-39-25-31-61(89)70(102-14)54(9)71(93)82-55(10)69(92)57-26-20-19-21-27-57)87(11)66(51(4)5)74(96)86-75(97)67(52(6)7)88(12)78(100)107-49-56-32-34-58(35-33-56)83-72(94)60(30-24-37-80-76(79)98)84-73(95)65(50(2)3)85-63(90)36-40-103-42-44-105-46-47-106-45-43-104-41-38-81-77(99)108-59-28-22-17-16-18-23-29-59/h16-17,19-21,26-27,32-35,50-55,59-62,65-70,92H,15,18,22-25,28-31,36-49H2,1-14H3,(H,81,99)(H,82,93)(H,83,94)(H,84,95)(H,85,90)(H3,79,80,98)(H,86,96,97)/b17-16+/t53-,54+,55+,59?,60-,61-,62+,65-,66-,67-,68-,69+,70+/m0/s1. The lowest BCUT2D eigenvalue weighted by Gasteiger charge is -2.43. The maximum absolute atomic E-state index is 14.6. The number of nitrogens with two attached hydrogens (primary N) is 1. The third kappa shape index (κ3) is 32.0. The molecule has 10 N–H and O–H groups in total. The molecule has 0 aromatic heterocycles. The third-order valence-corrected chi connectivity index (χ3v) is 19.7. The number of hydrogen-bond donors (Lipinski definition) is 9. The van der Waals surface area contributed by atoms with Crippen molar-refractivity contribution in [2.45, 2.75) is 220 Å². The van der Waals surface area contributed by atoms with E-state index in [-0.39, 0.29) is 94.3 Å². The zero-order valence-corrected chi connectivity index (χ0v) is 66.3. The molecule has 2 aliphatic rings. The lowest BCUT2D eigenvalue weighted by molar-refractivity contribution is -0.144. The second-order valence-corrected chi connectivity index (χ2v) is 29.0. The second kappa shape index (κ2) is 50.1. The maximum atomic E-state index is 14.6. The summed E-state index contributed by atoms with van der Waals surface area (Å²) in [7, 11) is 6.24. The number of carbonyl (C=O) groups excluding carboxylic acids is 10. The molecule has 0 saturated carbocycles. The molecule has 30 heteroatoms. The number of likely N-dealkylation sites (N-methyl/N-ethyl adjacent to an activating group) is 2. The minimum Gasteiger partial charge on any atom is -0.446 e. The molecule has 30 nitrogen and oxygen atoms in total. The van der Waals surface area contributed by atoms with E-state index in [9.17, 15) is 53.1 Å². The number of methoxy groups -OCH3 is 2. The first kappa shape index (κ1) is 92.5. The number of alkyl carbamates (subject to hydrolysis) is 1. The van der Waals surface area contributed by atoms with Gasteiger partial charge < -0.3 is 85.5 Å². The summed E-state index contributed by atoms with van der Waals surface area (Å²) in [6, 6.07) is 8.94. The first-order chi connectivity index (χ1) is 51.5. The van der Waals surface area contributed by atoms with E-state index in [2.05, 4.69) is 49.4 Å². The summed E-state index contributed by atoms with van der Waals surface area (Å²) < 4.78 is 45.6. The minimum atomic E-state index is -1.16. The van der Waals surface area contributed by atoms with Crippen LogP contribution in [0.15, 0.2) is 66.7 Å². The molecule has 0 bridgehead atoms. The highest BCUT2D eigenvalue weighted by molar-refractivity contribution is 6.01. The molecule has 4 rings (SSSR count). The number of rotatable bonds is 48. The number of likely N-dealkylation sites (tertiary alicyclic amines) is 1. The van der Waals surface area contributed by atoms with Crippen LogP contribution < -0.4 is 43.0 Å². The molecule has 13 atom stereocenters. The Balaban J connectivity index is 1.26. The van der Waals surface area contributed by atoms with Gasteiger partial charge in [-0.3, -0.25) is 48.7 Å². The van der Waals surface area contributed by atoms with Crippen molar-refractivity contribution in [1.82, 2.24) is 46.6 Å². The predicted molar refractivity (Wildman–Crippen MR) is 407 cm³/mol. The lowest BCUT2D eigenvalue weighted by Crippen LogP contribution is -2.60. The van der Waals surface area contributed by atoms with Crippen LogP contribution in [0, 0.1) is 29.6 Å². The fraction of sp³-hybridized carbons (Fsp3) is 0.692. The zero-order chi connectivity index (χ0) is 79.8. The largest absolute Gasteiger partial charge is 0.446 e. The van der Waals surface area contributed by atoms with Gasteiger partial charge in [0.25, 0.3) is 0 Å². The van der Waals surface area contributed by atoms with Gasteiger partial charge in [0, 0.05) is 59.1 Å². The van der Waals surface area contributed by atoms with E-state index in [1.165, 1.54) is 21.3 Å². The summed E-state index contributed by atoms with van der Waals surface area (Å²) in [5.74, 6) is -5.55. The number of benzene rings is 2. The number of primary amides is 1. The Morgan fingerprint density at radius 1 is 0.648 bits per heavy atom. The Morgan fingerprint density at radius 2 is 1.27 bits per heavy atom. The SMILES string of the molecule is CC[C@H](C)[C@@H]([C@@H](CC(=O)N1CCC[C@H]1[C@H](OC)[C@@H](C)C(=O)N[C@H](C)[C@@H](O)c1ccccc1)OC)N(C)[C@H](C(=O)NC(=O)[C@H](C(C)C)N(C)C(=O)OCc1ccc(NC(=O)[C@H](CCCNC(N)=O)NC(=O)[C@@H](NC(=O)CCOCCOCCOCCOCCNC(=O)OC2CC/C=C/CCC2)C(C)C)cc1)C(C)C. The fourth-order valence-electron chi connectivity index (χ4n) is 13.6. The quantitative estimate of drug-likeness (QED) is 0.0247. The third-order valence-electron chi connectivity index (χ3n) is 19.7. The number of nitrogens with zero attached hydrogens (tertiary/aromatic N) is 3. The number of hydrogen-bond acceptors (Lipinski definition) is 20. The molecule has 1 unspecified atom stereocenters. The molecule has 0 spiro atoms. The summed E-state index contributed by atoms with van der Waals surface area (Å²) in [4.78, 5) is 140. The number of nitrogens with one attached hydrogen (secondary N) is 7. The van der Waals surface area contributed by atoms with E-state index in [0.717, 1.165) is 37.0 Å². The van der Waals surface area contributed by atoms with Gasteiger partial charge in [-0.25, -0.2) is 14.4 Å². The van der Waals surface area contributed by atoms with Crippen molar-refractivity contribution in [2.24, 2.45) is 35.3 Å². The minimum absolute atomic E-state index is 0.0527. The topological polar surface area (TPSA) is 385 Å². The van der Waals surface area contributed by atoms with Crippen LogP contribution in [0.3, 0.4) is 0 Å². The monoisotopic (exact) mass is 1520 g/mol. The van der Waals surface area contributed by atoms with Gasteiger partial charge in [0.05, 0.1) is 102 Å². The van der Waals surface area contributed by atoms with Crippen molar-refractivity contribution < 1.29 is 90.9 Å². The summed E-state index contributed by atoms with van der Waals surface area (Å²) in [6.07, 6.45) is 7.36. The number of aliphatic hydroxyl groups is 1. The maximum Gasteiger partial charge on any atom is 0.410 e. The Bertz CT molecular complexity index is 3090. The van der Waals surface area contributed by atoms with Crippen molar-refractivity contribution in [3.8, 4) is 0 Å². The summed E-state index contributed by atoms with van der Waals surface area (Å²) >= 11 is 0. The number of imide groups is 1. The number of urea groups is 1. The Labute approximate surface area is 639 Å². The molecule has 608 valence electrons. The van der Waals surface area contributed by atoms with Gasteiger partial charge >= 0.3 is 18.2 Å². The van der Waals surface area contributed by atoms with Crippen molar-refractivity contribution in [3.05, 3.63) is 77.9 Å². The van der Waals surface area contributed by atoms with Gasteiger partial charge in [-0.2, -0.15) is 0 Å². The first-order valence-electron chi connectivity index (χ1n) is 38.3. The van der Waals surface area contributed by atoms with E-state index in [1.54, 1.807) is 89.9 Å². The first-order valence-corrected chi connectivity index (χ1v) is 38.3. The molecule has 1 aliphatic heterocycles. The van der Waals surface area contributed by atoms with Gasteiger partial charge in [-0.05, 0) is 119 Å².